The van der Waals surface area contributed by atoms with Crippen LogP contribution in [-0.4, -0.2) is 26.9 Å². The second-order valence-electron chi connectivity index (χ2n) is 4.19. The molecule has 0 saturated carbocycles. The third-order valence-corrected chi connectivity index (χ3v) is 2.98. The van der Waals surface area contributed by atoms with Gasteiger partial charge in [-0.25, -0.2) is 0 Å². The van der Waals surface area contributed by atoms with Gasteiger partial charge < -0.3 is 4.42 Å². The van der Waals surface area contributed by atoms with Gasteiger partial charge in [-0.2, -0.15) is 0 Å². The van der Waals surface area contributed by atoms with E-state index >= 15 is 0 Å². The maximum absolute atomic E-state index is 12.1. The van der Waals surface area contributed by atoms with E-state index in [2.05, 4.69) is 10.2 Å². The summed E-state index contributed by atoms with van der Waals surface area (Å²) < 4.78 is 5.32. The molecule has 2 amide bonds. The van der Waals surface area contributed by atoms with Crippen molar-refractivity contribution in [3.05, 3.63) is 47.2 Å². The van der Waals surface area contributed by atoms with Crippen LogP contribution in [-0.2, 0) is 13.0 Å². The van der Waals surface area contributed by atoms with Crippen LogP contribution in [0.15, 0.2) is 28.7 Å². The molecule has 2 aromatic rings. The molecule has 0 N–H and O–H groups in total. The van der Waals surface area contributed by atoms with Gasteiger partial charge in [0.05, 0.1) is 11.1 Å². The molecule has 1 aliphatic heterocycles. The zero-order chi connectivity index (χ0) is 13.4. The van der Waals surface area contributed by atoms with Crippen LogP contribution in [0, 0.1) is 0 Å². The number of fused-ring (bicyclic) bond motifs is 1. The molecule has 0 bridgehead atoms. The monoisotopic (exact) mass is 257 g/mol. The van der Waals surface area contributed by atoms with Crippen LogP contribution < -0.4 is 0 Å². The Morgan fingerprint density at radius 2 is 1.63 bits per heavy atom. The number of carbonyl (C=O) groups excluding carboxylic acids is 2. The molecular formula is C13H11N3O3. The molecular weight excluding hydrogens is 246 g/mol. The normalized spacial score (nSPS) is 14.1. The molecule has 6 nitrogen and oxygen atoms in total. The summed E-state index contributed by atoms with van der Waals surface area (Å²) in [5.74, 6) is 0.117. The van der Waals surface area contributed by atoms with Gasteiger partial charge in [-0.1, -0.05) is 19.1 Å². The van der Waals surface area contributed by atoms with Crippen LogP contribution in [0.2, 0.25) is 0 Å². The number of carbonyl (C=O) groups is 2. The SMILES string of the molecule is CCc1nnc(CN2C(=O)c3ccccc3C2=O)o1. The van der Waals surface area contributed by atoms with Crippen molar-refractivity contribution in [1.82, 2.24) is 15.1 Å². The van der Waals surface area contributed by atoms with E-state index in [1.54, 1.807) is 24.3 Å². The lowest BCUT2D eigenvalue weighted by Crippen LogP contribution is -2.29. The number of amides is 2. The largest absolute Gasteiger partial charge is 0.423 e. The number of aryl methyl sites for hydroxylation is 1. The second kappa shape index (κ2) is 4.31. The molecule has 0 saturated heterocycles. The van der Waals surface area contributed by atoms with Crippen LogP contribution in [0.3, 0.4) is 0 Å². The van der Waals surface area contributed by atoms with Crippen LogP contribution in [0.1, 0.15) is 39.4 Å². The minimum Gasteiger partial charge on any atom is -0.423 e. The first-order valence-electron chi connectivity index (χ1n) is 5.97. The standard InChI is InChI=1S/C13H11N3O3/c1-2-10-14-15-11(19-10)7-16-12(17)8-5-3-4-6-9(8)13(16)18/h3-6H,2,7H2,1H3. The van der Waals surface area contributed by atoms with E-state index < -0.39 is 0 Å². The number of imide groups is 1. The van der Waals surface area contributed by atoms with Crippen molar-refractivity contribution in [3.8, 4) is 0 Å². The number of benzene rings is 1. The first-order chi connectivity index (χ1) is 9.20. The van der Waals surface area contributed by atoms with Gasteiger partial charge in [0.1, 0.15) is 6.54 Å². The Hall–Kier alpha value is -2.50. The van der Waals surface area contributed by atoms with E-state index in [1.165, 1.54) is 0 Å². The van der Waals surface area contributed by atoms with Crippen LogP contribution in [0.25, 0.3) is 0 Å². The van der Waals surface area contributed by atoms with Gasteiger partial charge >= 0.3 is 0 Å². The van der Waals surface area contributed by atoms with Crippen molar-refractivity contribution >= 4 is 11.8 Å². The van der Waals surface area contributed by atoms with E-state index in [1.807, 2.05) is 6.92 Å². The Labute approximate surface area is 109 Å². The lowest BCUT2D eigenvalue weighted by Gasteiger charge is -2.10. The number of hydrogen-bond donors (Lipinski definition) is 0. The molecule has 0 fully saturated rings. The Kier molecular flexibility index (Phi) is 2.63. The van der Waals surface area contributed by atoms with Crippen LogP contribution >= 0.6 is 0 Å². The fourth-order valence-electron chi connectivity index (χ4n) is 2.01. The summed E-state index contributed by atoms with van der Waals surface area (Å²) in [6, 6.07) is 6.74. The zero-order valence-electron chi connectivity index (χ0n) is 10.3. The molecule has 1 aromatic heterocycles. The van der Waals surface area contributed by atoms with Gasteiger partial charge in [-0.3, -0.25) is 14.5 Å². The minimum absolute atomic E-state index is 0.0132. The smallest absolute Gasteiger partial charge is 0.262 e. The highest BCUT2D eigenvalue weighted by Gasteiger charge is 2.36. The Morgan fingerprint density at radius 1 is 1.05 bits per heavy atom. The number of nitrogens with zero attached hydrogens (tertiary/aromatic N) is 3. The summed E-state index contributed by atoms with van der Waals surface area (Å²) in [6.07, 6.45) is 0.620. The molecule has 2 heterocycles. The van der Waals surface area contributed by atoms with E-state index in [0.717, 1.165) is 4.90 Å². The predicted octanol–water partition coefficient (Wildman–Crippen LogP) is 1.43. The molecule has 6 heteroatoms. The zero-order valence-corrected chi connectivity index (χ0v) is 10.3. The van der Waals surface area contributed by atoms with Crippen molar-refractivity contribution < 1.29 is 14.0 Å². The average molecular weight is 257 g/mol. The number of aromatic nitrogens is 2. The second-order valence-corrected chi connectivity index (χ2v) is 4.19. The Morgan fingerprint density at radius 3 is 2.16 bits per heavy atom. The predicted molar refractivity (Wildman–Crippen MR) is 64.3 cm³/mol. The molecule has 0 aliphatic carbocycles. The summed E-state index contributed by atoms with van der Waals surface area (Å²) in [7, 11) is 0. The van der Waals surface area contributed by atoms with Crippen molar-refractivity contribution in [2.45, 2.75) is 19.9 Å². The molecule has 0 radical (unpaired) electrons. The van der Waals surface area contributed by atoms with Crippen molar-refractivity contribution in [2.24, 2.45) is 0 Å². The highest BCUT2D eigenvalue weighted by Crippen LogP contribution is 2.23. The number of hydrogen-bond acceptors (Lipinski definition) is 5. The summed E-state index contributed by atoms with van der Waals surface area (Å²) in [6.45, 7) is 1.90. The molecule has 3 rings (SSSR count). The van der Waals surface area contributed by atoms with Crippen molar-refractivity contribution in [1.29, 1.82) is 0 Å². The van der Waals surface area contributed by atoms with Crippen molar-refractivity contribution in [3.63, 3.8) is 0 Å². The highest BCUT2D eigenvalue weighted by molar-refractivity contribution is 6.21. The molecule has 0 atom stereocenters. The summed E-state index contributed by atoms with van der Waals surface area (Å²) >= 11 is 0. The van der Waals surface area contributed by atoms with Gasteiger partial charge in [0.15, 0.2) is 0 Å². The topological polar surface area (TPSA) is 76.3 Å². The van der Waals surface area contributed by atoms with Gasteiger partial charge in [-0.15, -0.1) is 10.2 Å². The first-order valence-corrected chi connectivity index (χ1v) is 5.97. The highest BCUT2D eigenvalue weighted by atomic mass is 16.4. The fourth-order valence-corrected chi connectivity index (χ4v) is 2.01. The molecule has 96 valence electrons. The van der Waals surface area contributed by atoms with E-state index in [-0.39, 0.29) is 24.2 Å². The lowest BCUT2D eigenvalue weighted by atomic mass is 10.1. The molecule has 19 heavy (non-hydrogen) atoms. The summed E-state index contributed by atoms with van der Waals surface area (Å²) in [4.78, 5) is 25.3. The molecule has 0 spiro atoms. The third-order valence-electron chi connectivity index (χ3n) is 2.98. The van der Waals surface area contributed by atoms with E-state index in [4.69, 9.17) is 4.42 Å². The quantitative estimate of drug-likeness (QED) is 0.777. The summed E-state index contributed by atoms with van der Waals surface area (Å²) in [5, 5.41) is 7.63. The Bertz CT molecular complexity index is 628. The number of rotatable bonds is 3. The maximum atomic E-state index is 12.1. The van der Waals surface area contributed by atoms with Crippen molar-refractivity contribution in [2.75, 3.05) is 0 Å². The maximum Gasteiger partial charge on any atom is 0.262 e. The third kappa shape index (κ3) is 1.81. The van der Waals surface area contributed by atoms with Crippen LogP contribution in [0.5, 0.6) is 0 Å². The first kappa shape index (κ1) is 11.6. The fraction of sp³-hybridized carbons (Fsp3) is 0.231. The van der Waals surface area contributed by atoms with Gasteiger partial charge in [0, 0.05) is 6.42 Å². The average Bonchev–Trinajstić information content (AvgIpc) is 2.99. The lowest BCUT2D eigenvalue weighted by molar-refractivity contribution is 0.0628. The van der Waals surface area contributed by atoms with Gasteiger partial charge in [0.2, 0.25) is 11.8 Å². The van der Waals surface area contributed by atoms with Crippen LogP contribution in [0.4, 0.5) is 0 Å². The molecule has 0 unspecified atom stereocenters. The van der Waals surface area contributed by atoms with E-state index in [9.17, 15) is 9.59 Å². The minimum atomic E-state index is -0.322. The molecule has 1 aromatic carbocycles. The molecule has 1 aliphatic rings. The summed E-state index contributed by atoms with van der Waals surface area (Å²) in [5.41, 5.74) is 0.838. The Balaban J connectivity index is 1.88. The van der Waals surface area contributed by atoms with Gasteiger partial charge in [0.25, 0.3) is 11.8 Å². The van der Waals surface area contributed by atoms with Gasteiger partial charge in [-0.05, 0) is 12.1 Å². The van der Waals surface area contributed by atoms with E-state index in [0.29, 0.717) is 23.4 Å².